The van der Waals surface area contributed by atoms with Gasteiger partial charge in [0, 0.05) is 13.1 Å². The van der Waals surface area contributed by atoms with Crippen molar-refractivity contribution in [1.82, 2.24) is 4.90 Å². The highest BCUT2D eigenvalue weighted by atomic mass is 16.2. The number of unbranched alkanes of at least 4 members (excludes halogenated alkanes) is 1. The zero-order valence-corrected chi connectivity index (χ0v) is 12.6. The Kier molecular flexibility index (Phi) is 7.46. The minimum Gasteiger partial charge on any atom is -0.368 e. The van der Waals surface area contributed by atoms with E-state index in [1.165, 1.54) is 4.90 Å². The molecule has 116 valence electrons. The van der Waals surface area contributed by atoms with Crippen molar-refractivity contribution in [3.8, 4) is 0 Å². The van der Waals surface area contributed by atoms with E-state index in [4.69, 9.17) is 11.5 Å². The topological polar surface area (TPSA) is 89.4 Å². The molecule has 21 heavy (non-hydrogen) atoms. The van der Waals surface area contributed by atoms with Gasteiger partial charge in [-0.3, -0.25) is 9.59 Å². The fourth-order valence-electron chi connectivity index (χ4n) is 2.23. The number of primary amides is 1. The third-order valence-electron chi connectivity index (χ3n) is 3.40. The average molecular weight is 291 g/mol. The van der Waals surface area contributed by atoms with Crippen molar-refractivity contribution in [1.29, 1.82) is 0 Å². The lowest BCUT2D eigenvalue weighted by Gasteiger charge is -2.25. The zero-order valence-electron chi connectivity index (χ0n) is 12.6. The molecule has 0 heterocycles. The molecule has 1 unspecified atom stereocenters. The lowest BCUT2D eigenvalue weighted by atomic mass is 9.97. The molecule has 0 aliphatic rings. The molecule has 0 aliphatic heterocycles. The van der Waals surface area contributed by atoms with Crippen LogP contribution in [0.5, 0.6) is 0 Å². The molecule has 0 saturated carbocycles. The van der Waals surface area contributed by atoms with Crippen LogP contribution in [0.4, 0.5) is 0 Å². The second-order valence-electron chi connectivity index (χ2n) is 5.20. The Hall–Kier alpha value is -1.88. The predicted octanol–water partition coefficient (Wildman–Crippen LogP) is 0.918. The van der Waals surface area contributed by atoms with Crippen molar-refractivity contribution in [2.24, 2.45) is 17.4 Å². The number of amides is 2. The Balaban J connectivity index is 2.75. The summed E-state index contributed by atoms with van der Waals surface area (Å²) in [5.74, 6) is -0.896. The molecule has 0 saturated heterocycles. The number of hydrogen-bond acceptors (Lipinski definition) is 3. The van der Waals surface area contributed by atoms with Crippen LogP contribution in [0.1, 0.15) is 25.3 Å². The molecule has 0 aliphatic carbocycles. The number of rotatable bonds is 9. The van der Waals surface area contributed by atoms with Gasteiger partial charge in [0.1, 0.15) is 0 Å². The molecule has 0 aromatic heterocycles. The van der Waals surface area contributed by atoms with Gasteiger partial charge in [-0.1, -0.05) is 43.7 Å². The second kappa shape index (κ2) is 9.13. The van der Waals surface area contributed by atoms with Crippen LogP contribution in [-0.2, 0) is 16.0 Å². The van der Waals surface area contributed by atoms with E-state index >= 15 is 0 Å². The largest absolute Gasteiger partial charge is 0.368 e. The molecular formula is C16H25N3O2. The minimum atomic E-state index is -0.491. The van der Waals surface area contributed by atoms with E-state index < -0.39 is 5.91 Å². The fourth-order valence-corrected chi connectivity index (χ4v) is 2.23. The smallest absolute Gasteiger partial charge is 0.237 e. The van der Waals surface area contributed by atoms with Crippen molar-refractivity contribution in [3.05, 3.63) is 35.9 Å². The third-order valence-corrected chi connectivity index (χ3v) is 3.40. The lowest BCUT2D eigenvalue weighted by Crippen LogP contribution is -2.44. The van der Waals surface area contributed by atoms with E-state index in [9.17, 15) is 9.59 Å². The number of nitrogens with two attached hydrogens (primary N) is 2. The Morgan fingerprint density at radius 2 is 1.90 bits per heavy atom. The van der Waals surface area contributed by atoms with E-state index in [-0.39, 0.29) is 24.9 Å². The van der Waals surface area contributed by atoms with E-state index in [1.807, 2.05) is 37.3 Å². The molecule has 0 bridgehead atoms. The summed E-state index contributed by atoms with van der Waals surface area (Å²) in [6.45, 7) is 2.81. The van der Waals surface area contributed by atoms with Gasteiger partial charge in [0.15, 0.2) is 0 Å². The summed E-state index contributed by atoms with van der Waals surface area (Å²) in [5.41, 5.74) is 12.1. The lowest BCUT2D eigenvalue weighted by molar-refractivity contribution is -0.138. The maximum atomic E-state index is 12.6. The summed E-state index contributed by atoms with van der Waals surface area (Å²) in [7, 11) is 0. The highest BCUT2D eigenvalue weighted by molar-refractivity contribution is 5.85. The number of carbonyl (C=O) groups excluding carboxylic acids is 2. The number of hydrogen-bond donors (Lipinski definition) is 2. The Labute approximate surface area is 126 Å². The molecule has 1 aromatic carbocycles. The van der Waals surface area contributed by atoms with Gasteiger partial charge in [-0.2, -0.15) is 0 Å². The number of nitrogens with zero attached hydrogens (tertiary/aromatic N) is 1. The summed E-state index contributed by atoms with van der Waals surface area (Å²) < 4.78 is 0. The van der Waals surface area contributed by atoms with Gasteiger partial charge < -0.3 is 16.4 Å². The fraction of sp³-hybridized carbons (Fsp3) is 0.500. The highest BCUT2D eigenvalue weighted by Crippen LogP contribution is 2.12. The SMILES string of the molecule is CCCCN(CC(N)=O)C(=O)C(CN)Cc1ccccc1. The Morgan fingerprint density at radius 3 is 2.43 bits per heavy atom. The second-order valence-corrected chi connectivity index (χ2v) is 5.20. The molecule has 5 heteroatoms. The first kappa shape index (κ1) is 17.2. The maximum Gasteiger partial charge on any atom is 0.237 e. The molecule has 0 radical (unpaired) electrons. The first-order valence-corrected chi connectivity index (χ1v) is 7.39. The summed E-state index contributed by atoms with van der Waals surface area (Å²) in [5, 5.41) is 0. The highest BCUT2D eigenvalue weighted by Gasteiger charge is 2.24. The standard InChI is InChI=1S/C16H25N3O2/c1-2-3-9-19(12-15(18)20)16(21)14(11-17)10-13-7-5-4-6-8-13/h4-8,14H,2-3,9-12,17H2,1H3,(H2,18,20). The van der Waals surface area contributed by atoms with Crippen LogP contribution in [0, 0.1) is 5.92 Å². The summed E-state index contributed by atoms with van der Waals surface area (Å²) in [6, 6.07) is 9.75. The summed E-state index contributed by atoms with van der Waals surface area (Å²) in [4.78, 5) is 25.2. The zero-order chi connectivity index (χ0) is 15.7. The van der Waals surface area contributed by atoms with Crippen molar-refractivity contribution in [2.45, 2.75) is 26.2 Å². The van der Waals surface area contributed by atoms with Crippen LogP contribution in [0.3, 0.4) is 0 Å². The van der Waals surface area contributed by atoms with Crippen LogP contribution >= 0.6 is 0 Å². The van der Waals surface area contributed by atoms with Crippen LogP contribution in [0.15, 0.2) is 30.3 Å². The van der Waals surface area contributed by atoms with Gasteiger partial charge in [-0.25, -0.2) is 0 Å². The van der Waals surface area contributed by atoms with Crippen LogP contribution < -0.4 is 11.5 Å². The maximum absolute atomic E-state index is 12.6. The molecule has 1 aromatic rings. The first-order chi connectivity index (χ1) is 10.1. The molecule has 2 amide bonds. The Bertz CT molecular complexity index is 448. The molecule has 1 atom stereocenters. The average Bonchev–Trinajstić information content (AvgIpc) is 2.49. The van der Waals surface area contributed by atoms with Crippen molar-refractivity contribution in [3.63, 3.8) is 0 Å². The quantitative estimate of drug-likeness (QED) is 0.709. The molecule has 1 rings (SSSR count). The number of benzene rings is 1. The van der Waals surface area contributed by atoms with E-state index in [1.54, 1.807) is 0 Å². The van der Waals surface area contributed by atoms with Crippen molar-refractivity contribution in [2.75, 3.05) is 19.6 Å². The van der Waals surface area contributed by atoms with E-state index in [0.717, 1.165) is 18.4 Å². The first-order valence-electron chi connectivity index (χ1n) is 7.39. The predicted molar refractivity (Wildman–Crippen MR) is 83.4 cm³/mol. The van der Waals surface area contributed by atoms with E-state index in [0.29, 0.717) is 13.0 Å². The molecule has 4 N–H and O–H groups in total. The van der Waals surface area contributed by atoms with Crippen LogP contribution in [0.2, 0.25) is 0 Å². The molecule has 0 fully saturated rings. The monoisotopic (exact) mass is 291 g/mol. The minimum absolute atomic E-state index is 0.0376. The molecular weight excluding hydrogens is 266 g/mol. The number of carbonyl (C=O) groups is 2. The van der Waals surface area contributed by atoms with Gasteiger partial charge in [0.25, 0.3) is 0 Å². The van der Waals surface area contributed by atoms with Gasteiger partial charge in [-0.15, -0.1) is 0 Å². The molecule has 0 spiro atoms. The summed E-state index contributed by atoms with van der Waals surface area (Å²) in [6.07, 6.45) is 2.38. The van der Waals surface area contributed by atoms with Crippen molar-refractivity contribution >= 4 is 11.8 Å². The van der Waals surface area contributed by atoms with Gasteiger partial charge in [0.05, 0.1) is 12.5 Å². The molecule has 5 nitrogen and oxygen atoms in total. The van der Waals surface area contributed by atoms with Gasteiger partial charge in [-0.05, 0) is 18.4 Å². The van der Waals surface area contributed by atoms with Crippen LogP contribution in [0.25, 0.3) is 0 Å². The normalized spacial score (nSPS) is 11.9. The van der Waals surface area contributed by atoms with E-state index in [2.05, 4.69) is 0 Å². The van der Waals surface area contributed by atoms with Crippen LogP contribution in [-0.4, -0.2) is 36.3 Å². The van der Waals surface area contributed by atoms with Gasteiger partial charge in [0.2, 0.25) is 11.8 Å². The summed E-state index contributed by atoms with van der Waals surface area (Å²) >= 11 is 0. The van der Waals surface area contributed by atoms with Crippen molar-refractivity contribution < 1.29 is 9.59 Å². The third kappa shape index (κ3) is 5.95. The van der Waals surface area contributed by atoms with Gasteiger partial charge >= 0.3 is 0 Å². The Morgan fingerprint density at radius 1 is 1.24 bits per heavy atom.